The molecule has 2 aromatic rings. The van der Waals surface area contributed by atoms with E-state index in [0.29, 0.717) is 5.92 Å². The number of rotatable bonds is 3. The fraction of sp³-hybridized carbons (Fsp3) is 0.231. The Morgan fingerprint density at radius 3 is 2.00 bits per heavy atom. The summed E-state index contributed by atoms with van der Waals surface area (Å²) in [7, 11) is 21.6. The van der Waals surface area contributed by atoms with Gasteiger partial charge in [0.1, 0.15) is 0 Å². The molecule has 0 heterocycles. The zero-order valence-corrected chi connectivity index (χ0v) is 12.2. The largest absolute Gasteiger partial charge is 0.0616 e. The summed E-state index contributed by atoms with van der Waals surface area (Å²) in [5.74, 6) is 0.615. The van der Waals surface area contributed by atoms with E-state index in [2.05, 4.69) is 56.3 Å². The lowest BCUT2D eigenvalue weighted by Crippen LogP contribution is -2.43. The van der Waals surface area contributed by atoms with Crippen molar-refractivity contribution in [2.75, 3.05) is 0 Å². The van der Waals surface area contributed by atoms with Gasteiger partial charge in [-0.2, -0.15) is 0 Å². The molecule has 2 rings (SSSR count). The van der Waals surface area contributed by atoms with Gasteiger partial charge in [-0.05, 0) is 22.3 Å². The van der Waals surface area contributed by atoms with Crippen molar-refractivity contribution < 1.29 is 0 Å². The molecule has 0 aromatic heterocycles. The zero-order chi connectivity index (χ0) is 15.1. The minimum absolute atomic E-state index is 0.389. The molecular formula is C13H14B7. The maximum Gasteiger partial charge on any atom is 0 e. The summed E-state index contributed by atoms with van der Waals surface area (Å²) in [5, 5.41) is 2.67. The van der Waals surface area contributed by atoms with Crippen molar-refractivity contribution in [2.24, 2.45) is 0 Å². The fourth-order valence-electron chi connectivity index (χ4n) is 1.70. The van der Waals surface area contributed by atoms with Crippen LogP contribution in [0.3, 0.4) is 0 Å². The van der Waals surface area contributed by atoms with Gasteiger partial charge in [0.05, 0.1) is 0 Å². The first-order valence-electron chi connectivity index (χ1n) is 6.76. The third-order valence-corrected chi connectivity index (χ3v) is 3.11. The van der Waals surface area contributed by atoms with Crippen LogP contribution in [0.25, 0.3) is 10.8 Å². The Morgan fingerprint density at radius 2 is 1.55 bits per heavy atom. The first-order valence-corrected chi connectivity index (χ1v) is 6.76. The molecule has 0 aliphatic heterocycles. The molecule has 2 aromatic carbocycles. The van der Waals surface area contributed by atoms with Crippen LogP contribution in [0.5, 0.6) is 0 Å². The van der Waals surface area contributed by atoms with Crippen molar-refractivity contribution >= 4 is 61.6 Å². The van der Waals surface area contributed by atoms with E-state index >= 15 is 0 Å². The maximum absolute atomic E-state index is 5.19. The van der Waals surface area contributed by atoms with E-state index in [9.17, 15) is 0 Å². The topological polar surface area (TPSA) is 0 Å². The fourth-order valence-corrected chi connectivity index (χ4v) is 1.70. The molecule has 20 heavy (non-hydrogen) atoms. The molecule has 0 atom stereocenters. The second-order valence-corrected chi connectivity index (χ2v) is 5.11. The summed E-state index contributed by atoms with van der Waals surface area (Å²) in [5.41, 5.74) is 1.42. The van der Waals surface area contributed by atoms with Gasteiger partial charge >= 0.3 is 0 Å². The molecule has 0 saturated heterocycles. The Labute approximate surface area is 129 Å². The summed E-state index contributed by atoms with van der Waals surface area (Å²) in [6.07, 6.45) is -0.926. The predicted molar refractivity (Wildman–Crippen MR) is 98.3 cm³/mol. The Morgan fingerprint density at radius 1 is 0.950 bits per heavy atom. The van der Waals surface area contributed by atoms with Crippen LogP contribution in [0.1, 0.15) is 25.3 Å². The standard InChI is InChI=1S/C13H14.B7/c1-10(2)12-8-7-11-5-3-4-6-13(11)9-12;1-5-7(4)6(2)3/h3-10H,1-2H3;. The van der Waals surface area contributed by atoms with E-state index in [1.165, 1.54) is 23.4 Å². The highest BCUT2D eigenvalue weighted by Gasteiger charge is 2.06. The second-order valence-electron chi connectivity index (χ2n) is 5.11. The summed E-state index contributed by atoms with van der Waals surface area (Å²) in [4.78, 5) is 0. The molecule has 0 N–H and O–H groups in total. The molecule has 0 unspecified atom stereocenters. The molecule has 7 heteroatoms. The highest BCUT2D eigenvalue weighted by Crippen LogP contribution is 2.20. The third kappa shape index (κ3) is 5.27. The van der Waals surface area contributed by atoms with Gasteiger partial charge in [0.15, 0.2) is 0 Å². The highest BCUT2D eigenvalue weighted by atomic mass is 14.0. The van der Waals surface area contributed by atoms with E-state index in [1.807, 2.05) is 0 Å². The molecular weight excluding hydrogens is 232 g/mol. The number of hydrogen-bond acceptors (Lipinski definition) is 0. The van der Waals surface area contributed by atoms with Crippen molar-refractivity contribution in [3.8, 4) is 0 Å². The monoisotopic (exact) mass is 247 g/mol. The van der Waals surface area contributed by atoms with Crippen LogP contribution < -0.4 is 0 Å². The van der Waals surface area contributed by atoms with Crippen molar-refractivity contribution in [2.45, 2.75) is 19.8 Å². The second kappa shape index (κ2) is 8.44. The van der Waals surface area contributed by atoms with Gasteiger partial charge in [0, 0.05) is 50.8 Å². The molecule has 0 amide bonds. The molecule has 0 spiro atoms. The van der Waals surface area contributed by atoms with Crippen molar-refractivity contribution in [3.63, 3.8) is 0 Å². The SMILES string of the molecule is CC(C)c1ccc2ccccc2c1.[B][B]B([B])B([B])[B]. The third-order valence-electron chi connectivity index (χ3n) is 3.11. The van der Waals surface area contributed by atoms with Gasteiger partial charge < -0.3 is 0 Å². The molecule has 0 fully saturated rings. The molecule has 0 nitrogen and oxygen atoms in total. The lowest BCUT2D eigenvalue weighted by molar-refractivity contribution is 0.869. The number of benzene rings is 2. The highest BCUT2D eigenvalue weighted by molar-refractivity contribution is 7.81. The van der Waals surface area contributed by atoms with E-state index in [4.69, 9.17) is 30.9 Å². The van der Waals surface area contributed by atoms with Gasteiger partial charge in [0.2, 0.25) is 0 Å². The Hall–Kier alpha value is -0.845. The maximum atomic E-state index is 5.19. The van der Waals surface area contributed by atoms with Crippen molar-refractivity contribution in [1.82, 2.24) is 0 Å². The van der Waals surface area contributed by atoms with Gasteiger partial charge in [-0.15, -0.1) is 0 Å². The summed E-state index contributed by atoms with van der Waals surface area (Å²) in [6.45, 7) is 4.45. The smallest absolute Gasteiger partial charge is 0 e. The Bertz CT molecular complexity index is 527. The molecule has 0 bridgehead atoms. The van der Waals surface area contributed by atoms with E-state index in [0.717, 1.165) is 0 Å². The van der Waals surface area contributed by atoms with Crippen LogP contribution >= 0.6 is 0 Å². The van der Waals surface area contributed by atoms with Crippen LogP contribution in [0.4, 0.5) is 0 Å². The number of hydrogen-bond donors (Lipinski definition) is 0. The molecule has 0 saturated carbocycles. The zero-order valence-electron chi connectivity index (χ0n) is 12.2. The molecule has 9 radical (unpaired) electrons. The van der Waals surface area contributed by atoms with Crippen molar-refractivity contribution in [1.29, 1.82) is 0 Å². The van der Waals surface area contributed by atoms with Crippen LogP contribution in [-0.4, -0.2) is 50.8 Å². The van der Waals surface area contributed by atoms with E-state index in [1.54, 1.807) is 0 Å². The average Bonchev–Trinajstić information content (AvgIpc) is 2.46. The number of fused-ring (bicyclic) bond motifs is 1. The average molecular weight is 246 g/mol. The normalized spacial score (nSPS) is 9.75. The minimum Gasteiger partial charge on any atom is -0.0616 e. The lowest BCUT2D eigenvalue weighted by Gasteiger charge is -2.06. The minimum atomic E-state index is -0.537. The van der Waals surface area contributed by atoms with Crippen molar-refractivity contribution in [3.05, 3.63) is 48.0 Å². The van der Waals surface area contributed by atoms with Crippen LogP contribution in [-0.2, 0) is 0 Å². The quantitative estimate of drug-likeness (QED) is 0.716. The van der Waals surface area contributed by atoms with E-state index < -0.39 is 6.39 Å². The summed E-state index contributed by atoms with van der Waals surface area (Å²) in [6, 6.07) is 15.2. The molecule has 87 valence electrons. The summed E-state index contributed by atoms with van der Waals surface area (Å²) < 4.78 is 0. The van der Waals surface area contributed by atoms with Crippen LogP contribution in [0.15, 0.2) is 42.5 Å². The van der Waals surface area contributed by atoms with Crippen LogP contribution in [0, 0.1) is 0 Å². The molecule has 0 aliphatic carbocycles. The Kier molecular flexibility index (Phi) is 7.26. The van der Waals surface area contributed by atoms with E-state index in [-0.39, 0.29) is 6.39 Å². The van der Waals surface area contributed by atoms with Crippen LogP contribution in [0.2, 0.25) is 0 Å². The van der Waals surface area contributed by atoms with Gasteiger partial charge in [-0.1, -0.05) is 56.3 Å². The summed E-state index contributed by atoms with van der Waals surface area (Å²) >= 11 is 0. The first-order chi connectivity index (χ1) is 9.45. The predicted octanol–water partition coefficient (Wildman–Crippen LogP) is 1.30. The van der Waals surface area contributed by atoms with Gasteiger partial charge in [-0.25, -0.2) is 0 Å². The first kappa shape index (κ1) is 17.2. The Balaban J connectivity index is 0.000000246. The molecule has 0 aliphatic rings. The van der Waals surface area contributed by atoms with Gasteiger partial charge in [-0.3, -0.25) is 0 Å². The lowest BCUT2D eigenvalue weighted by atomic mass is 8.76. The van der Waals surface area contributed by atoms with Gasteiger partial charge in [0.25, 0.3) is 0 Å².